The van der Waals surface area contributed by atoms with Crippen LogP contribution in [0.15, 0.2) is 30.3 Å². The molecular formula is C18H25NO2. The van der Waals surface area contributed by atoms with Crippen LogP contribution in [-0.2, 0) is 11.3 Å². The number of hydrogen-bond acceptors (Lipinski definition) is 2. The van der Waals surface area contributed by atoms with E-state index in [1.807, 2.05) is 23.1 Å². The van der Waals surface area contributed by atoms with Crippen LogP contribution >= 0.6 is 0 Å². The number of amides is 1. The van der Waals surface area contributed by atoms with E-state index < -0.39 is 5.60 Å². The normalized spacial score (nSPS) is 21.0. The molecule has 3 heteroatoms. The number of benzene rings is 1. The molecule has 0 atom stereocenters. The molecule has 2 aliphatic rings. The minimum absolute atomic E-state index is 0.193. The fourth-order valence-corrected chi connectivity index (χ4v) is 3.48. The fourth-order valence-electron chi connectivity index (χ4n) is 3.48. The Kier molecular flexibility index (Phi) is 4.29. The largest absolute Gasteiger partial charge is 0.388 e. The maximum atomic E-state index is 12.7. The van der Waals surface area contributed by atoms with Crippen molar-refractivity contribution >= 4 is 5.91 Å². The third kappa shape index (κ3) is 3.46. The van der Waals surface area contributed by atoms with Crippen LogP contribution in [0.5, 0.6) is 0 Å². The van der Waals surface area contributed by atoms with Gasteiger partial charge in [-0.2, -0.15) is 0 Å². The van der Waals surface area contributed by atoms with Crippen molar-refractivity contribution < 1.29 is 9.90 Å². The van der Waals surface area contributed by atoms with Gasteiger partial charge in [-0.3, -0.25) is 4.79 Å². The van der Waals surface area contributed by atoms with Gasteiger partial charge in [0.05, 0.1) is 5.60 Å². The van der Waals surface area contributed by atoms with E-state index in [4.69, 9.17) is 0 Å². The Balaban J connectivity index is 1.72. The molecule has 1 aromatic carbocycles. The van der Waals surface area contributed by atoms with Gasteiger partial charge in [-0.25, -0.2) is 0 Å². The zero-order valence-corrected chi connectivity index (χ0v) is 12.6. The predicted molar refractivity (Wildman–Crippen MR) is 82.6 cm³/mol. The van der Waals surface area contributed by atoms with E-state index in [0.717, 1.165) is 44.1 Å². The smallest absolute Gasteiger partial charge is 0.226 e. The van der Waals surface area contributed by atoms with Crippen molar-refractivity contribution in [1.82, 2.24) is 4.90 Å². The monoisotopic (exact) mass is 287 g/mol. The first kappa shape index (κ1) is 14.6. The van der Waals surface area contributed by atoms with E-state index in [-0.39, 0.29) is 11.8 Å². The lowest BCUT2D eigenvalue weighted by Gasteiger charge is -2.36. The van der Waals surface area contributed by atoms with Gasteiger partial charge < -0.3 is 10.0 Å². The summed E-state index contributed by atoms with van der Waals surface area (Å²) in [5, 5.41) is 10.7. The minimum atomic E-state index is -0.659. The zero-order chi connectivity index (χ0) is 14.7. The highest BCUT2D eigenvalue weighted by atomic mass is 16.3. The van der Waals surface area contributed by atoms with Crippen molar-refractivity contribution in [1.29, 1.82) is 0 Å². The Labute approximate surface area is 127 Å². The zero-order valence-electron chi connectivity index (χ0n) is 12.6. The van der Waals surface area contributed by atoms with E-state index in [1.165, 1.54) is 6.42 Å². The molecule has 0 heterocycles. The van der Waals surface area contributed by atoms with Crippen molar-refractivity contribution in [3.05, 3.63) is 35.9 Å². The van der Waals surface area contributed by atoms with Crippen molar-refractivity contribution in [3.8, 4) is 0 Å². The summed E-state index contributed by atoms with van der Waals surface area (Å²) >= 11 is 0. The molecule has 0 aromatic heterocycles. The van der Waals surface area contributed by atoms with Crippen LogP contribution in [0.2, 0.25) is 0 Å². The minimum Gasteiger partial charge on any atom is -0.388 e. The van der Waals surface area contributed by atoms with E-state index in [2.05, 4.69) is 12.1 Å². The summed E-state index contributed by atoms with van der Waals surface area (Å²) in [5.41, 5.74) is 0.487. The molecule has 1 N–H and O–H groups in total. The first-order valence-electron chi connectivity index (χ1n) is 8.21. The third-order valence-corrected chi connectivity index (χ3v) is 5.00. The molecule has 2 fully saturated rings. The summed E-state index contributed by atoms with van der Waals surface area (Å²) < 4.78 is 0. The average Bonchev–Trinajstić information content (AvgIpc) is 2.84. The molecule has 1 amide bonds. The maximum Gasteiger partial charge on any atom is 0.226 e. The maximum absolute atomic E-state index is 12.7. The third-order valence-electron chi connectivity index (χ3n) is 5.00. The average molecular weight is 287 g/mol. The van der Waals surface area contributed by atoms with Crippen LogP contribution in [-0.4, -0.2) is 28.1 Å². The Morgan fingerprint density at radius 2 is 1.81 bits per heavy atom. The Morgan fingerprint density at radius 1 is 1.14 bits per heavy atom. The van der Waals surface area contributed by atoms with Crippen LogP contribution in [0.1, 0.15) is 50.5 Å². The van der Waals surface area contributed by atoms with Crippen LogP contribution in [0.3, 0.4) is 0 Å². The molecule has 0 saturated heterocycles. The lowest BCUT2D eigenvalue weighted by atomic mass is 9.84. The van der Waals surface area contributed by atoms with Crippen molar-refractivity contribution in [2.24, 2.45) is 5.92 Å². The molecular weight excluding hydrogens is 262 g/mol. The van der Waals surface area contributed by atoms with Crippen molar-refractivity contribution in [2.45, 2.75) is 57.1 Å². The first-order chi connectivity index (χ1) is 10.2. The second kappa shape index (κ2) is 6.18. The molecule has 114 valence electrons. The Morgan fingerprint density at radius 3 is 2.38 bits per heavy atom. The van der Waals surface area contributed by atoms with E-state index in [9.17, 15) is 9.90 Å². The topological polar surface area (TPSA) is 40.5 Å². The van der Waals surface area contributed by atoms with Crippen LogP contribution in [0.25, 0.3) is 0 Å². The Hall–Kier alpha value is -1.35. The molecule has 0 radical (unpaired) electrons. The molecule has 0 unspecified atom stereocenters. The predicted octanol–water partition coefficient (Wildman–Crippen LogP) is 3.12. The second-order valence-electron chi connectivity index (χ2n) is 6.74. The molecule has 3 rings (SSSR count). The van der Waals surface area contributed by atoms with Gasteiger partial charge >= 0.3 is 0 Å². The number of carbonyl (C=O) groups excluding carboxylic acids is 1. The summed E-state index contributed by atoms with van der Waals surface area (Å²) in [5.74, 6) is 0.434. The lowest BCUT2D eigenvalue weighted by Crippen LogP contribution is -2.47. The molecule has 0 bridgehead atoms. The molecule has 0 aliphatic heterocycles. The number of hydrogen-bond donors (Lipinski definition) is 1. The quantitative estimate of drug-likeness (QED) is 0.904. The van der Waals surface area contributed by atoms with Gasteiger partial charge in [0.1, 0.15) is 0 Å². The van der Waals surface area contributed by atoms with Gasteiger partial charge in [0.15, 0.2) is 0 Å². The van der Waals surface area contributed by atoms with E-state index in [1.54, 1.807) is 0 Å². The molecule has 3 nitrogen and oxygen atoms in total. The first-order valence-corrected chi connectivity index (χ1v) is 8.21. The summed E-state index contributed by atoms with van der Waals surface area (Å²) in [6.45, 7) is 1.12. The van der Waals surface area contributed by atoms with Gasteiger partial charge in [-0.15, -0.1) is 0 Å². The summed E-state index contributed by atoms with van der Waals surface area (Å²) in [4.78, 5) is 14.6. The van der Waals surface area contributed by atoms with E-state index in [0.29, 0.717) is 13.1 Å². The van der Waals surface area contributed by atoms with Crippen LogP contribution < -0.4 is 0 Å². The highest BCUT2D eigenvalue weighted by Crippen LogP contribution is 2.33. The molecule has 21 heavy (non-hydrogen) atoms. The summed E-state index contributed by atoms with van der Waals surface area (Å²) in [7, 11) is 0. The molecule has 2 saturated carbocycles. The highest BCUT2D eigenvalue weighted by Gasteiger charge is 2.37. The number of rotatable bonds is 5. The second-order valence-corrected chi connectivity index (χ2v) is 6.74. The highest BCUT2D eigenvalue weighted by molar-refractivity contribution is 5.79. The van der Waals surface area contributed by atoms with Crippen LogP contribution in [0.4, 0.5) is 0 Å². The standard InChI is InChI=1S/C18H25NO2/c20-17(16-9-6-10-16)19(13-15-7-2-1-3-8-15)14-18(21)11-4-5-12-18/h1-3,7-8,16,21H,4-6,9-14H2. The molecule has 0 spiro atoms. The molecule has 2 aliphatic carbocycles. The number of carbonyl (C=O) groups is 1. The number of aliphatic hydroxyl groups is 1. The van der Waals surface area contributed by atoms with Gasteiger partial charge in [0.25, 0.3) is 0 Å². The SMILES string of the molecule is O=C(C1CCC1)N(Cc1ccccc1)CC1(O)CCCC1. The van der Waals surface area contributed by atoms with Crippen molar-refractivity contribution in [3.63, 3.8) is 0 Å². The Bertz CT molecular complexity index is 475. The lowest BCUT2D eigenvalue weighted by molar-refractivity contribution is -0.142. The van der Waals surface area contributed by atoms with Gasteiger partial charge in [-0.1, -0.05) is 49.6 Å². The van der Waals surface area contributed by atoms with Crippen molar-refractivity contribution in [2.75, 3.05) is 6.54 Å². The number of nitrogens with zero attached hydrogens (tertiary/aromatic N) is 1. The van der Waals surface area contributed by atoms with Gasteiger partial charge in [0, 0.05) is 19.0 Å². The van der Waals surface area contributed by atoms with Gasteiger partial charge in [-0.05, 0) is 31.2 Å². The van der Waals surface area contributed by atoms with Crippen LogP contribution in [0, 0.1) is 5.92 Å². The van der Waals surface area contributed by atoms with Gasteiger partial charge in [0.2, 0.25) is 5.91 Å². The fraction of sp³-hybridized carbons (Fsp3) is 0.611. The van der Waals surface area contributed by atoms with E-state index >= 15 is 0 Å². The summed E-state index contributed by atoms with van der Waals surface area (Å²) in [6, 6.07) is 10.1. The molecule has 1 aromatic rings. The summed E-state index contributed by atoms with van der Waals surface area (Å²) in [6.07, 6.45) is 7.01.